The van der Waals surface area contributed by atoms with Gasteiger partial charge >= 0.3 is 6.09 Å². The number of likely N-dealkylation sites (tertiary alicyclic amines) is 1. The van der Waals surface area contributed by atoms with E-state index in [1.807, 2.05) is 20.8 Å². The second kappa shape index (κ2) is 9.07. The van der Waals surface area contributed by atoms with Crippen LogP contribution in [-0.2, 0) is 4.74 Å². The predicted octanol–water partition coefficient (Wildman–Crippen LogP) is 1.42. The maximum atomic E-state index is 12.0. The van der Waals surface area contributed by atoms with Gasteiger partial charge < -0.3 is 25.2 Å². The van der Waals surface area contributed by atoms with Crippen LogP contribution in [0.3, 0.4) is 0 Å². The molecule has 8 heteroatoms. The van der Waals surface area contributed by atoms with Crippen molar-refractivity contribution >= 4 is 36.0 Å². The van der Waals surface area contributed by atoms with Gasteiger partial charge in [-0.2, -0.15) is 0 Å². The molecule has 1 amide bonds. The van der Waals surface area contributed by atoms with Gasteiger partial charge in [0.05, 0.1) is 0 Å². The maximum Gasteiger partial charge on any atom is 0.410 e. The first-order chi connectivity index (χ1) is 10.7. The number of piperazine rings is 1. The van der Waals surface area contributed by atoms with Crippen LogP contribution in [0.4, 0.5) is 4.79 Å². The zero-order valence-corrected chi connectivity index (χ0v) is 17.7. The molecule has 2 aliphatic rings. The molecule has 0 bridgehead atoms. The minimum atomic E-state index is -0.455. The molecule has 2 aliphatic heterocycles. The average molecular weight is 453 g/mol. The van der Waals surface area contributed by atoms with E-state index in [1.54, 1.807) is 4.90 Å². The molecular weight excluding hydrogens is 421 g/mol. The molecule has 2 fully saturated rings. The minimum Gasteiger partial charge on any atom is -0.444 e. The van der Waals surface area contributed by atoms with Crippen molar-refractivity contribution in [1.29, 1.82) is 0 Å². The van der Waals surface area contributed by atoms with Crippen LogP contribution in [0, 0.1) is 5.92 Å². The number of nitrogens with zero attached hydrogens (tertiary/aromatic N) is 4. The SMILES string of the molecule is CN1CCC(CN=C(N)N2CCN(C(=O)OC(C)(C)C)CC2)C1.I. The Morgan fingerprint density at radius 2 is 1.75 bits per heavy atom. The molecular formula is C16H32IN5O2. The highest BCUT2D eigenvalue weighted by molar-refractivity contribution is 14.0. The molecule has 0 aromatic carbocycles. The third kappa shape index (κ3) is 6.62. The smallest absolute Gasteiger partial charge is 0.410 e. The molecule has 0 aromatic rings. The number of nitrogens with two attached hydrogens (primary N) is 1. The highest BCUT2D eigenvalue weighted by atomic mass is 127. The lowest BCUT2D eigenvalue weighted by molar-refractivity contribution is 0.0186. The number of rotatable bonds is 2. The molecule has 1 unspecified atom stereocenters. The van der Waals surface area contributed by atoms with Crippen LogP contribution in [0.25, 0.3) is 0 Å². The summed E-state index contributed by atoms with van der Waals surface area (Å²) in [5.74, 6) is 1.21. The Hall–Kier alpha value is -0.770. The van der Waals surface area contributed by atoms with Crippen LogP contribution in [0.5, 0.6) is 0 Å². The molecule has 2 saturated heterocycles. The normalized spacial score (nSPS) is 23.2. The van der Waals surface area contributed by atoms with Crippen LogP contribution < -0.4 is 5.73 Å². The van der Waals surface area contributed by atoms with Crippen molar-refractivity contribution < 1.29 is 9.53 Å². The largest absolute Gasteiger partial charge is 0.444 e. The second-order valence-electron chi connectivity index (χ2n) is 7.57. The third-order valence-electron chi connectivity index (χ3n) is 4.26. The fraction of sp³-hybridized carbons (Fsp3) is 0.875. The highest BCUT2D eigenvalue weighted by Gasteiger charge is 2.26. The van der Waals surface area contributed by atoms with Crippen molar-refractivity contribution in [1.82, 2.24) is 14.7 Å². The predicted molar refractivity (Wildman–Crippen MR) is 107 cm³/mol. The standard InChI is InChI=1S/C16H31N5O2.HI/c1-16(2,3)23-15(22)21-9-7-20(8-10-21)14(17)18-11-13-5-6-19(4)12-13;/h13H,5-12H2,1-4H3,(H2,17,18);1H. The molecule has 2 heterocycles. The molecule has 0 aromatic heterocycles. The van der Waals surface area contributed by atoms with Gasteiger partial charge in [0.15, 0.2) is 5.96 Å². The van der Waals surface area contributed by atoms with Crippen molar-refractivity contribution in [3.63, 3.8) is 0 Å². The molecule has 0 saturated carbocycles. The third-order valence-corrected chi connectivity index (χ3v) is 4.26. The Morgan fingerprint density at radius 1 is 1.17 bits per heavy atom. The lowest BCUT2D eigenvalue weighted by atomic mass is 10.1. The first-order valence-electron chi connectivity index (χ1n) is 8.46. The van der Waals surface area contributed by atoms with Crippen LogP contribution in [-0.4, -0.2) is 85.2 Å². The molecule has 0 aliphatic carbocycles. The van der Waals surface area contributed by atoms with Crippen LogP contribution in [0.1, 0.15) is 27.2 Å². The summed E-state index contributed by atoms with van der Waals surface area (Å²) in [6, 6.07) is 0. The van der Waals surface area contributed by atoms with E-state index < -0.39 is 5.60 Å². The zero-order valence-electron chi connectivity index (χ0n) is 15.3. The first kappa shape index (κ1) is 21.3. The number of aliphatic imine (C=N–C) groups is 1. The topological polar surface area (TPSA) is 74.4 Å². The lowest BCUT2D eigenvalue weighted by Crippen LogP contribution is -2.53. The van der Waals surface area contributed by atoms with Gasteiger partial charge in [0.25, 0.3) is 0 Å². The van der Waals surface area contributed by atoms with Gasteiger partial charge in [-0.3, -0.25) is 4.99 Å². The number of carbonyl (C=O) groups is 1. The minimum absolute atomic E-state index is 0. The van der Waals surface area contributed by atoms with Gasteiger partial charge in [-0.15, -0.1) is 24.0 Å². The van der Waals surface area contributed by atoms with Gasteiger partial charge in [-0.05, 0) is 46.7 Å². The second-order valence-corrected chi connectivity index (χ2v) is 7.57. The highest BCUT2D eigenvalue weighted by Crippen LogP contribution is 2.15. The van der Waals surface area contributed by atoms with E-state index in [0.29, 0.717) is 38.1 Å². The van der Waals surface area contributed by atoms with E-state index in [-0.39, 0.29) is 30.1 Å². The molecule has 1 atom stereocenters. The maximum absolute atomic E-state index is 12.0. The summed E-state index contributed by atoms with van der Waals surface area (Å²) >= 11 is 0. The van der Waals surface area contributed by atoms with E-state index in [0.717, 1.165) is 19.6 Å². The van der Waals surface area contributed by atoms with E-state index in [2.05, 4.69) is 21.8 Å². The molecule has 2 N–H and O–H groups in total. The van der Waals surface area contributed by atoms with E-state index in [4.69, 9.17) is 10.5 Å². The summed E-state index contributed by atoms with van der Waals surface area (Å²) in [6.45, 7) is 11.3. The van der Waals surface area contributed by atoms with Gasteiger partial charge in [-0.25, -0.2) is 4.79 Å². The van der Waals surface area contributed by atoms with Crippen LogP contribution in [0.15, 0.2) is 4.99 Å². The molecule has 140 valence electrons. The average Bonchev–Trinajstić information content (AvgIpc) is 2.89. The molecule has 7 nitrogen and oxygen atoms in total. The van der Waals surface area contributed by atoms with E-state index in [9.17, 15) is 4.79 Å². The summed E-state index contributed by atoms with van der Waals surface area (Å²) in [6.07, 6.45) is 0.946. The summed E-state index contributed by atoms with van der Waals surface area (Å²) in [5, 5.41) is 0. The Balaban J connectivity index is 0.00000288. The molecule has 0 spiro atoms. The molecule has 24 heavy (non-hydrogen) atoms. The first-order valence-corrected chi connectivity index (χ1v) is 8.46. The number of carbonyl (C=O) groups excluding carboxylic acids is 1. The number of amides is 1. The van der Waals surface area contributed by atoms with Crippen molar-refractivity contribution in [2.45, 2.75) is 32.8 Å². The number of ether oxygens (including phenoxy) is 1. The van der Waals surface area contributed by atoms with E-state index in [1.165, 1.54) is 6.42 Å². The fourth-order valence-electron chi connectivity index (χ4n) is 2.94. The van der Waals surface area contributed by atoms with Crippen LogP contribution in [0.2, 0.25) is 0 Å². The Kier molecular flexibility index (Phi) is 8.04. The number of hydrogen-bond donors (Lipinski definition) is 1. The number of guanidine groups is 1. The molecule has 2 rings (SSSR count). The lowest BCUT2D eigenvalue weighted by Gasteiger charge is -2.36. The monoisotopic (exact) mass is 453 g/mol. The Morgan fingerprint density at radius 3 is 2.25 bits per heavy atom. The van der Waals surface area contributed by atoms with Crippen molar-refractivity contribution in [2.75, 3.05) is 52.9 Å². The molecule has 0 radical (unpaired) electrons. The van der Waals surface area contributed by atoms with Crippen molar-refractivity contribution in [3.8, 4) is 0 Å². The summed E-state index contributed by atoms with van der Waals surface area (Å²) in [4.78, 5) is 22.7. The van der Waals surface area contributed by atoms with Crippen LogP contribution >= 0.6 is 24.0 Å². The summed E-state index contributed by atoms with van der Waals surface area (Å²) in [7, 11) is 2.14. The number of halogens is 1. The quantitative estimate of drug-likeness (QED) is 0.389. The summed E-state index contributed by atoms with van der Waals surface area (Å²) < 4.78 is 5.40. The fourth-order valence-corrected chi connectivity index (χ4v) is 2.94. The summed E-state index contributed by atoms with van der Waals surface area (Å²) in [5.41, 5.74) is 5.66. The van der Waals surface area contributed by atoms with Gasteiger partial charge in [0.1, 0.15) is 5.60 Å². The Labute approximate surface area is 162 Å². The van der Waals surface area contributed by atoms with Crippen molar-refractivity contribution in [2.24, 2.45) is 16.6 Å². The van der Waals surface area contributed by atoms with Gasteiger partial charge in [0.2, 0.25) is 0 Å². The number of hydrogen-bond acceptors (Lipinski definition) is 4. The zero-order chi connectivity index (χ0) is 17.0. The van der Waals surface area contributed by atoms with E-state index >= 15 is 0 Å². The Bertz CT molecular complexity index is 444. The van der Waals surface area contributed by atoms with Gasteiger partial charge in [0, 0.05) is 39.3 Å². The van der Waals surface area contributed by atoms with Crippen molar-refractivity contribution in [3.05, 3.63) is 0 Å². The van der Waals surface area contributed by atoms with Gasteiger partial charge in [-0.1, -0.05) is 0 Å².